The van der Waals surface area contributed by atoms with E-state index in [1.807, 2.05) is 0 Å². The number of aliphatic hydroxyl groups is 1. The summed E-state index contributed by atoms with van der Waals surface area (Å²) in [6, 6.07) is 0. The molecule has 0 fully saturated rings. The minimum atomic E-state index is -0.438. The van der Waals surface area contributed by atoms with Crippen LogP contribution in [0, 0.1) is 0 Å². The summed E-state index contributed by atoms with van der Waals surface area (Å²) in [7, 11) is 0. The molecule has 0 rings (SSSR count). The van der Waals surface area contributed by atoms with E-state index in [9.17, 15) is 0 Å². The van der Waals surface area contributed by atoms with E-state index in [4.69, 9.17) is 15.5 Å². The second-order valence-electron chi connectivity index (χ2n) is 1.39. The minimum Gasteiger partial charge on any atom is -0.411 e. The molecule has 0 radical (unpaired) electrons. The van der Waals surface area contributed by atoms with Gasteiger partial charge >= 0.3 is 0 Å². The van der Waals surface area contributed by atoms with Gasteiger partial charge < -0.3 is 15.5 Å². The number of hydrogen-bond acceptors (Lipinski definition) is 5. The molecule has 0 unspecified atom stereocenters. The molecule has 0 bridgehead atoms. The van der Waals surface area contributed by atoms with Crippen molar-refractivity contribution in [1.82, 2.24) is 0 Å². The van der Waals surface area contributed by atoms with Crippen molar-refractivity contribution in [2.75, 3.05) is 6.61 Å². The summed E-state index contributed by atoms with van der Waals surface area (Å²) >= 11 is 0. The Balaban J connectivity index is 4.14. The third-order valence-corrected chi connectivity index (χ3v) is 0.838. The predicted octanol–water partition coefficient (Wildman–Crippen LogP) is -0.341. The Hall–Kier alpha value is -1.10. The molecule has 0 aromatic carbocycles. The van der Waals surface area contributed by atoms with Gasteiger partial charge in [0.25, 0.3) is 0 Å². The molecular weight excluding hydrogens is 124 g/mol. The first-order chi connectivity index (χ1) is 4.26. The second kappa shape index (κ2) is 3.85. The number of nitrogens with zero attached hydrogens (tertiary/aromatic N) is 2. The van der Waals surface area contributed by atoms with Gasteiger partial charge in [0.1, 0.15) is 11.4 Å². The molecule has 5 heteroatoms. The van der Waals surface area contributed by atoms with Crippen LogP contribution in [0.3, 0.4) is 0 Å². The highest BCUT2D eigenvalue weighted by molar-refractivity contribution is 6.41. The van der Waals surface area contributed by atoms with Crippen LogP contribution in [0.2, 0.25) is 0 Å². The number of hydrogen-bond donors (Lipinski definition) is 3. The molecule has 9 heavy (non-hydrogen) atoms. The smallest absolute Gasteiger partial charge is 0.129 e. The molecule has 5 nitrogen and oxygen atoms in total. The molecule has 0 atom stereocenters. The quantitative estimate of drug-likeness (QED) is 0.273. The summed E-state index contributed by atoms with van der Waals surface area (Å²) < 4.78 is 0. The van der Waals surface area contributed by atoms with Gasteiger partial charge in [0, 0.05) is 0 Å². The van der Waals surface area contributed by atoms with Crippen LogP contribution in [0.5, 0.6) is 0 Å². The zero-order chi connectivity index (χ0) is 7.28. The van der Waals surface area contributed by atoms with Crippen molar-refractivity contribution in [3.8, 4) is 0 Å². The van der Waals surface area contributed by atoms with Gasteiger partial charge in [0.2, 0.25) is 0 Å². The molecule has 0 aliphatic heterocycles. The number of oxime groups is 2. The first kappa shape index (κ1) is 7.90. The minimum absolute atomic E-state index is 0.0440. The zero-order valence-corrected chi connectivity index (χ0v) is 4.94. The molecule has 0 amide bonds. The summed E-state index contributed by atoms with van der Waals surface area (Å²) in [4.78, 5) is 0. The molecule has 0 spiro atoms. The monoisotopic (exact) mass is 132 g/mol. The van der Waals surface area contributed by atoms with Gasteiger partial charge in [-0.15, -0.1) is 0 Å². The SMILES string of the molecule is CC(=NO)C(CO)=NO. The van der Waals surface area contributed by atoms with Gasteiger partial charge in [0.05, 0.1) is 6.61 Å². The Morgan fingerprint density at radius 2 is 1.89 bits per heavy atom. The maximum absolute atomic E-state index is 8.34. The van der Waals surface area contributed by atoms with Crippen LogP contribution >= 0.6 is 0 Å². The molecule has 0 aromatic heterocycles. The number of rotatable bonds is 2. The van der Waals surface area contributed by atoms with Crippen LogP contribution in [0.1, 0.15) is 6.92 Å². The van der Waals surface area contributed by atoms with Crippen LogP contribution in [-0.4, -0.2) is 33.6 Å². The normalized spacial score (nSPS) is 14.0. The Labute approximate surface area is 51.9 Å². The molecule has 3 N–H and O–H groups in total. The first-order valence-electron chi connectivity index (χ1n) is 2.27. The van der Waals surface area contributed by atoms with Gasteiger partial charge in [-0.25, -0.2) is 0 Å². The molecule has 0 aliphatic carbocycles. The fourth-order valence-electron chi connectivity index (χ4n) is 0.276. The highest BCUT2D eigenvalue weighted by Gasteiger charge is 2.01. The highest BCUT2D eigenvalue weighted by atomic mass is 16.4. The van der Waals surface area contributed by atoms with Crippen LogP contribution in [-0.2, 0) is 0 Å². The average Bonchev–Trinajstić information content (AvgIpc) is 1.90. The second-order valence-corrected chi connectivity index (χ2v) is 1.39. The largest absolute Gasteiger partial charge is 0.411 e. The van der Waals surface area contributed by atoms with Crippen molar-refractivity contribution in [2.45, 2.75) is 6.92 Å². The maximum Gasteiger partial charge on any atom is 0.129 e. The Kier molecular flexibility index (Phi) is 3.38. The van der Waals surface area contributed by atoms with Gasteiger partial charge in [-0.3, -0.25) is 0 Å². The van der Waals surface area contributed by atoms with E-state index in [2.05, 4.69) is 10.3 Å². The Morgan fingerprint density at radius 3 is 2.00 bits per heavy atom. The molecular formula is C4H8N2O3. The molecule has 0 saturated heterocycles. The fraction of sp³-hybridized carbons (Fsp3) is 0.500. The van der Waals surface area contributed by atoms with E-state index in [-0.39, 0.29) is 11.4 Å². The lowest BCUT2D eigenvalue weighted by Gasteiger charge is -1.93. The summed E-state index contributed by atoms with van der Waals surface area (Å²) in [5.74, 6) is 0. The van der Waals surface area contributed by atoms with Crippen molar-refractivity contribution in [3.05, 3.63) is 0 Å². The molecule has 0 aliphatic rings. The van der Waals surface area contributed by atoms with E-state index < -0.39 is 6.61 Å². The van der Waals surface area contributed by atoms with Gasteiger partial charge in [0.15, 0.2) is 0 Å². The topological polar surface area (TPSA) is 85.4 Å². The van der Waals surface area contributed by atoms with E-state index in [0.717, 1.165) is 0 Å². The predicted molar refractivity (Wildman–Crippen MR) is 31.2 cm³/mol. The van der Waals surface area contributed by atoms with Crippen LogP contribution in [0.25, 0.3) is 0 Å². The lowest BCUT2D eigenvalue weighted by atomic mass is 10.3. The standard InChI is InChI=1S/C4H8N2O3/c1-3(5-8)4(2-7)6-9/h7-9H,2H2,1H3. The summed E-state index contributed by atoms with van der Waals surface area (Å²) in [6.45, 7) is 0.970. The van der Waals surface area contributed by atoms with Crippen molar-refractivity contribution in [1.29, 1.82) is 0 Å². The third kappa shape index (κ3) is 2.09. The first-order valence-corrected chi connectivity index (χ1v) is 2.27. The number of aliphatic hydroxyl groups excluding tert-OH is 1. The Bertz CT molecular complexity index is 141. The third-order valence-electron chi connectivity index (χ3n) is 0.838. The van der Waals surface area contributed by atoms with Gasteiger partial charge in [-0.2, -0.15) is 0 Å². The summed E-state index contributed by atoms with van der Waals surface area (Å²) in [6.07, 6.45) is 0. The van der Waals surface area contributed by atoms with Crippen molar-refractivity contribution in [2.24, 2.45) is 10.3 Å². The van der Waals surface area contributed by atoms with Crippen molar-refractivity contribution < 1.29 is 15.5 Å². The van der Waals surface area contributed by atoms with Crippen LogP contribution in [0.4, 0.5) is 0 Å². The lowest BCUT2D eigenvalue weighted by molar-refractivity contribution is 0.301. The van der Waals surface area contributed by atoms with E-state index >= 15 is 0 Å². The molecule has 52 valence electrons. The average molecular weight is 132 g/mol. The molecule has 0 heterocycles. The summed E-state index contributed by atoms with van der Waals surface area (Å²) in [5.41, 5.74) is 0.0532. The molecule has 0 saturated carbocycles. The zero-order valence-electron chi connectivity index (χ0n) is 4.94. The van der Waals surface area contributed by atoms with Crippen LogP contribution < -0.4 is 0 Å². The molecule has 0 aromatic rings. The van der Waals surface area contributed by atoms with Gasteiger partial charge in [-0.05, 0) is 6.92 Å². The van der Waals surface area contributed by atoms with E-state index in [0.29, 0.717) is 0 Å². The van der Waals surface area contributed by atoms with E-state index in [1.165, 1.54) is 6.92 Å². The van der Waals surface area contributed by atoms with E-state index in [1.54, 1.807) is 0 Å². The van der Waals surface area contributed by atoms with Crippen LogP contribution in [0.15, 0.2) is 10.3 Å². The van der Waals surface area contributed by atoms with Gasteiger partial charge in [-0.1, -0.05) is 10.3 Å². The Morgan fingerprint density at radius 1 is 1.33 bits per heavy atom. The maximum atomic E-state index is 8.34. The fourth-order valence-corrected chi connectivity index (χ4v) is 0.276. The van der Waals surface area contributed by atoms with Crippen molar-refractivity contribution >= 4 is 11.4 Å². The van der Waals surface area contributed by atoms with Crippen molar-refractivity contribution in [3.63, 3.8) is 0 Å². The summed E-state index contributed by atoms with van der Waals surface area (Å²) in [5, 5.41) is 29.8. The lowest BCUT2D eigenvalue weighted by Crippen LogP contribution is -2.14. The highest BCUT2D eigenvalue weighted by Crippen LogP contribution is 1.80.